The minimum absolute atomic E-state index is 0.0725. The summed E-state index contributed by atoms with van der Waals surface area (Å²) in [5.74, 6) is -1.27. The molecule has 3 rings (SSSR count). The number of thioether (sulfide) groups is 1. The van der Waals surface area contributed by atoms with Crippen LogP contribution in [0.4, 0.5) is 4.79 Å². The number of rotatable bonds is 8. The Morgan fingerprint density at radius 3 is 2.21 bits per heavy atom. The third-order valence-electron chi connectivity index (χ3n) is 5.47. The van der Waals surface area contributed by atoms with E-state index in [-0.39, 0.29) is 18.0 Å². The number of aryl methyl sites for hydroxylation is 1. The first-order valence-electron chi connectivity index (χ1n) is 11.7. The van der Waals surface area contributed by atoms with Crippen LogP contribution in [-0.2, 0) is 27.8 Å². The number of carbonyl (C=O) groups excluding carboxylic acids is 3. The maximum absolute atomic E-state index is 13.1. The highest BCUT2D eigenvalue weighted by Crippen LogP contribution is 2.41. The zero-order valence-corrected chi connectivity index (χ0v) is 24.5. The fourth-order valence-corrected chi connectivity index (χ4v) is 4.59. The van der Waals surface area contributed by atoms with Crippen molar-refractivity contribution in [3.8, 4) is 11.5 Å². The van der Waals surface area contributed by atoms with Crippen molar-refractivity contribution in [3.05, 3.63) is 23.3 Å². The van der Waals surface area contributed by atoms with E-state index in [2.05, 4.69) is 15.5 Å². The fraction of sp³-hybridized carbons (Fsp3) is 0.565. The summed E-state index contributed by atoms with van der Waals surface area (Å²) in [6, 6.07) is 2.73. The van der Waals surface area contributed by atoms with Crippen LogP contribution in [0.25, 0.3) is 0 Å². The number of esters is 2. The Morgan fingerprint density at radius 1 is 1.08 bits per heavy atom. The number of alkyl halides is 3. The highest BCUT2D eigenvalue weighted by molar-refractivity contribution is 7.99. The molecule has 1 atom stereocenters. The van der Waals surface area contributed by atoms with E-state index in [9.17, 15) is 14.4 Å². The molecule has 2 heterocycles. The van der Waals surface area contributed by atoms with Gasteiger partial charge in [-0.2, -0.15) is 0 Å². The minimum Gasteiger partial charge on any atom is -0.445 e. The van der Waals surface area contributed by atoms with Gasteiger partial charge in [-0.3, -0.25) is 14.5 Å². The van der Waals surface area contributed by atoms with E-state index in [0.717, 1.165) is 5.56 Å². The predicted octanol–water partition coefficient (Wildman–Crippen LogP) is 4.53. The van der Waals surface area contributed by atoms with Crippen LogP contribution in [-0.4, -0.2) is 65.8 Å². The summed E-state index contributed by atoms with van der Waals surface area (Å²) >= 11 is 18.6. The summed E-state index contributed by atoms with van der Waals surface area (Å²) in [7, 11) is 1.70. The molecule has 208 valence electrons. The average Bonchev–Trinajstić information content (AvgIpc) is 3.25. The molecule has 1 aromatic heterocycles. The quantitative estimate of drug-likeness (QED) is 0.183. The molecule has 0 saturated carbocycles. The fourth-order valence-electron chi connectivity index (χ4n) is 3.44. The molecule has 15 heteroatoms. The van der Waals surface area contributed by atoms with Crippen LogP contribution in [0.2, 0.25) is 0 Å². The lowest BCUT2D eigenvalue weighted by Gasteiger charge is -2.37. The van der Waals surface area contributed by atoms with Gasteiger partial charge in [-0.15, -0.1) is 5.10 Å². The molecular weight excluding hydrogens is 581 g/mol. The average molecular weight is 609 g/mol. The van der Waals surface area contributed by atoms with Crippen molar-refractivity contribution in [1.29, 1.82) is 0 Å². The molecule has 0 aliphatic carbocycles. The van der Waals surface area contributed by atoms with E-state index in [1.807, 2.05) is 0 Å². The van der Waals surface area contributed by atoms with E-state index in [0.29, 0.717) is 22.9 Å². The topological polar surface area (TPSA) is 126 Å². The number of fused-ring (bicyclic) bond motifs is 1. The van der Waals surface area contributed by atoms with Gasteiger partial charge < -0.3 is 14.2 Å². The van der Waals surface area contributed by atoms with Crippen LogP contribution in [0.5, 0.6) is 11.5 Å². The Labute approximate surface area is 239 Å². The molecule has 0 spiro atoms. The number of aromatic nitrogens is 4. The van der Waals surface area contributed by atoms with E-state index in [1.54, 1.807) is 46.9 Å². The van der Waals surface area contributed by atoms with Gasteiger partial charge in [0.05, 0.1) is 17.9 Å². The van der Waals surface area contributed by atoms with Crippen molar-refractivity contribution in [2.75, 3.05) is 18.9 Å². The van der Waals surface area contributed by atoms with Crippen LogP contribution in [0.3, 0.4) is 0 Å². The van der Waals surface area contributed by atoms with Crippen LogP contribution in [0.15, 0.2) is 17.3 Å². The van der Waals surface area contributed by atoms with E-state index < -0.39 is 46.3 Å². The monoisotopic (exact) mass is 607 g/mol. The first-order chi connectivity index (χ1) is 17.8. The molecule has 2 aromatic rings. The Hall–Kier alpha value is -2.28. The van der Waals surface area contributed by atoms with Crippen LogP contribution >= 0.6 is 46.6 Å². The summed E-state index contributed by atoms with van der Waals surface area (Å²) in [4.78, 5) is 39.4. The van der Waals surface area contributed by atoms with Gasteiger partial charge in [0.2, 0.25) is 8.95 Å². The molecular formula is C23H28Cl3N5O6S. The number of halogens is 3. The number of nitrogens with zero attached hydrogens (tertiary/aromatic N) is 5. The van der Waals surface area contributed by atoms with Gasteiger partial charge in [0.15, 0.2) is 11.5 Å². The molecule has 0 fully saturated rings. The van der Waals surface area contributed by atoms with Crippen LogP contribution in [0.1, 0.15) is 44.9 Å². The summed E-state index contributed by atoms with van der Waals surface area (Å²) in [5.41, 5.74) is 1.49. The minimum atomic E-state index is -1.77. The largest absolute Gasteiger partial charge is 0.445 e. The molecule has 1 aliphatic heterocycles. The maximum atomic E-state index is 13.1. The molecule has 1 aromatic carbocycles. The van der Waals surface area contributed by atoms with Crippen molar-refractivity contribution >= 4 is 64.6 Å². The zero-order valence-electron chi connectivity index (χ0n) is 21.4. The van der Waals surface area contributed by atoms with Gasteiger partial charge in [-0.1, -0.05) is 74.3 Å². The lowest BCUT2D eigenvalue weighted by atomic mass is 9.93. The van der Waals surface area contributed by atoms with Crippen molar-refractivity contribution in [2.24, 2.45) is 18.9 Å². The van der Waals surface area contributed by atoms with Gasteiger partial charge in [0.25, 0.3) is 0 Å². The second kappa shape index (κ2) is 12.7. The Bertz CT molecular complexity index is 1190. The number of benzene rings is 1. The standard InChI is InChI=1S/C23H28Cl3N5O6S/c1-12(2)19(32)36-17-8-14-6-7-31(22(34)35-11-23(24,25)26)16(10-38-21-27-28-29-30(21)5)15(14)9-18(17)37-20(33)13(3)4/h8-9,12-13,16H,6-7,10-11H2,1-5H3. The van der Waals surface area contributed by atoms with E-state index in [1.165, 1.54) is 21.3 Å². The van der Waals surface area contributed by atoms with Gasteiger partial charge in [0, 0.05) is 19.3 Å². The number of carbonyl (C=O) groups is 3. The van der Waals surface area contributed by atoms with Gasteiger partial charge in [0.1, 0.15) is 6.61 Å². The van der Waals surface area contributed by atoms with Crippen molar-refractivity contribution in [1.82, 2.24) is 25.1 Å². The molecule has 1 amide bonds. The van der Waals surface area contributed by atoms with Gasteiger partial charge in [-0.05, 0) is 40.1 Å². The van der Waals surface area contributed by atoms with Crippen molar-refractivity contribution < 1.29 is 28.6 Å². The third-order valence-corrected chi connectivity index (χ3v) is 6.89. The highest BCUT2D eigenvalue weighted by Gasteiger charge is 2.35. The lowest BCUT2D eigenvalue weighted by molar-refractivity contribution is -0.140. The summed E-state index contributed by atoms with van der Waals surface area (Å²) in [5, 5.41) is 12.0. The Morgan fingerprint density at radius 2 is 1.68 bits per heavy atom. The number of hydrogen-bond acceptors (Lipinski definition) is 10. The summed E-state index contributed by atoms with van der Waals surface area (Å²) in [6.07, 6.45) is -0.269. The smallest absolute Gasteiger partial charge is 0.410 e. The molecule has 1 unspecified atom stereocenters. The zero-order chi connectivity index (χ0) is 28.2. The first-order valence-corrected chi connectivity index (χ1v) is 13.8. The number of amides is 1. The summed E-state index contributed by atoms with van der Waals surface area (Å²) in [6.45, 7) is 6.63. The second-order valence-electron chi connectivity index (χ2n) is 9.17. The Kier molecular flexibility index (Phi) is 10.1. The van der Waals surface area contributed by atoms with E-state index in [4.69, 9.17) is 49.0 Å². The first kappa shape index (κ1) is 30.3. The number of tetrazole rings is 1. The molecule has 1 aliphatic rings. The number of ether oxygens (including phenoxy) is 3. The molecule has 0 radical (unpaired) electrons. The summed E-state index contributed by atoms with van der Waals surface area (Å²) < 4.78 is 16.2. The maximum Gasteiger partial charge on any atom is 0.410 e. The lowest BCUT2D eigenvalue weighted by Crippen LogP contribution is -2.42. The molecule has 0 saturated heterocycles. The van der Waals surface area contributed by atoms with Crippen molar-refractivity contribution in [2.45, 2.75) is 49.1 Å². The predicted molar refractivity (Wildman–Crippen MR) is 142 cm³/mol. The molecule has 11 nitrogen and oxygen atoms in total. The SMILES string of the molecule is CC(C)C(=O)Oc1cc2c(cc1OC(=O)C(C)C)C(CSc1nnnn1C)N(C(=O)OCC(Cl)(Cl)Cl)CC2. The normalized spacial score (nSPS) is 15.4. The highest BCUT2D eigenvalue weighted by atomic mass is 35.6. The molecule has 0 N–H and O–H groups in total. The van der Waals surface area contributed by atoms with Gasteiger partial charge in [-0.25, -0.2) is 9.48 Å². The van der Waals surface area contributed by atoms with Crippen LogP contribution < -0.4 is 9.47 Å². The molecule has 38 heavy (non-hydrogen) atoms. The van der Waals surface area contributed by atoms with E-state index >= 15 is 0 Å². The third kappa shape index (κ3) is 7.87. The van der Waals surface area contributed by atoms with Crippen molar-refractivity contribution in [3.63, 3.8) is 0 Å². The second-order valence-corrected chi connectivity index (χ2v) is 12.7. The molecule has 0 bridgehead atoms. The van der Waals surface area contributed by atoms with Gasteiger partial charge >= 0.3 is 18.0 Å². The number of hydrogen-bond donors (Lipinski definition) is 0. The van der Waals surface area contributed by atoms with Crippen LogP contribution in [0, 0.1) is 11.8 Å². The Balaban J connectivity index is 2.02.